The molecule has 34 heavy (non-hydrogen) atoms. The van der Waals surface area contributed by atoms with Crippen molar-refractivity contribution in [2.24, 2.45) is 0 Å². The molecule has 0 bridgehead atoms. The van der Waals surface area contributed by atoms with Crippen molar-refractivity contribution in [3.05, 3.63) is 46.7 Å². The molecule has 2 fully saturated rings. The van der Waals surface area contributed by atoms with Gasteiger partial charge in [0, 0.05) is 30.7 Å². The SMILES string of the molecule is COc1ccc([C@@H]2CC(=O)N(CC(=O)Nc3nc(-c4cccs4)cs3)C2)cc1OC1CCOC1. The second kappa shape index (κ2) is 10.1. The molecular formula is C24H25N3O5S2. The van der Waals surface area contributed by atoms with Crippen molar-refractivity contribution >= 4 is 39.6 Å². The Morgan fingerprint density at radius 1 is 1.29 bits per heavy atom. The quantitative estimate of drug-likeness (QED) is 0.504. The highest BCUT2D eigenvalue weighted by Crippen LogP contribution is 2.36. The van der Waals surface area contributed by atoms with Crippen LogP contribution in [0.3, 0.4) is 0 Å². The monoisotopic (exact) mass is 499 g/mol. The fraction of sp³-hybridized carbons (Fsp3) is 0.375. The van der Waals surface area contributed by atoms with Crippen LogP contribution in [0, 0.1) is 0 Å². The van der Waals surface area contributed by atoms with E-state index in [0.29, 0.717) is 42.8 Å². The van der Waals surface area contributed by atoms with E-state index in [-0.39, 0.29) is 30.4 Å². The Labute approximate surface area is 205 Å². The molecule has 2 saturated heterocycles. The smallest absolute Gasteiger partial charge is 0.245 e. The minimum absolute atomic E-state index is 0.000692. The second-order valence-electron chi connectivity index (χ2n) is 8.25. The minimum Gasteiger partial charge on any atom is -0.493 e. The van der Waals surface area contributed by atoms with Crippen LogP contribution < -0.4 is 14.8 Å². The van der Waals surface area contributed by atoms with Crippen molar-refractivity contribution in [3.63, 3.8) is 0 Å². The molecule has 2 aliphatic rings. The normalized spacial score (nSPS) is 20.0. The molecule has 0 radical (unpaired) electrons. The number of hydrogen-bond donors (Lipinski definition) is 1. The molecule has 0 saturated carbocycles. The number of nitrogens with zero attached hydrogens (tertiary/aromatic N) is 2. The summed E-state index contributed by atoms with van der Waals surface area (Å²) in [6, 6.07) is 9.73. The maximum absolute atomic E-state index is 12.7. The third-order valence-electron chi connectivity index (χ3n) is 5.91. The standard InChI is InChI=1S/C24H25N3O5S2/c1-30-19-5-4-15(9-20(19)32-17-6-7-31-13-17)16-10-23(29)27(11-16)12-22(28)26-24-25-18(14-34-24)21-3-2-8-33-21/h2-5,8-9,14,16-17H,6-7,10-13H2,1H3,(H,25,26,28)/t16-,17?/m1/s1. The summed E-state index contributed by atoms with van der Waals surface area (Å²) >= 11 is 2.98. The van der Waals surface area contributed by atoms with Gasteiger partial charge in [-0.3, -0.25) is 9.59 Å². The van der Waals surface area contributed by atoms with Gasteiger partial charge in [0.25, 0.3) is 0 Å². The zero-order valence-corrected chi connectivity index (χ0v) is 20.3. The minimum atomic E-state index is -0.249. The Balaban J connectivity index is 1.21. The van der Waals surface area contributed by atoms with Crippen molar-refractivity contribution in [3.8, 4) is 22.1 Å². The van der Waals surface area contributed by atoms with Crippen LogP contribution in [0.15, 0.2) is 41.1 Å². The number of thiophene rings is 1. The average Bonchev–Trinajstić information content (AvgIpc) is 3.63. The van der Waals surface area contributed by atoms with Crippen LogP contribution in [0.4, 0.5) is 5.13 Å². The van der Waals surface area contributed by atoms with Gasteiger partial charge in [-0.05, 0) is 29.1 Å². The number of methoxy groups -OCH3 is 1. The zero-order chi connectivity index (χ0) is 23.5. The highest BCUT2D eigenvalue weighted by molar-refractivity contribution is 7.16. The van der Waals surface area contributed by atoms with Crippen molar-refractivity contribution in [2.45, 2.75) is 24.9 Å². The number of nitrogens with one attached hydrogen (secondary N) is 1. The number of carbonyl (C=O) groups is 2. The third-order valence-corrected chi connectivity index (χ3v) is 7.56. The second-order valence-corrected chi connectivity index (χ2v) is 10.1. The first-order valence-electron chi connectivity index (χ1n) is 11.1. The molecule has 2 atom stereocenters. The molecule has 3 aromatic rings. The molecule has 2 aliphatic heterocycles. The van der Waals surface area contributed by atoms with E-state index in [1.807, 2.05) is 41.1 Å². The van der Waals surface area contributed by atoms with Crippen LogP contribution in [0.2, 0.25) is 0 Å². The van der Waals surface area contributed by atoms with Gasteiger partial charge in [-0.1, -0.05) is 12.1 Å². The maximum atomic E-state index is 12.7. The summed E-state index contributed by atoms with van der Waals surface area (Å²) in [5.74, 6) is 1.01. The summed E-state index contributed by atoms with van der Waals surface area (Å²) in [5, 5.41) is 7.26. The first kappa shape index (κ1) is 22.8. The number of thiazole rings is 1. The molecule has 2 amide bonds. The lowest BCUT2D eigenvalue weighted by Gasteiger charge is -2.18. The molecule has 0 spiro atoms. The maximum Gasteiger partial charge on any atom is 0.245 e. The van der Waals surface area contributed by atoms with E-state index in [9.17, 15) is 9.59 Å². The summed E-state index contributed by atoms with van der Waals surface area (Å²) in [6.07, 6.45) is 1.19. The molecule has 1 aromatic carbocycles. The largest absolute Gasteiger partial charge is 0.493 e. The molecule has 1 N–H and O–H groups in total. The number of benzene rings is 1. The van der Waals surface area contributed by atoms with Crippen LogP contribution in [-0.4, -0.2) is 61.2 Å². The lowest BCUT2D eigenvalue weighted by atomic mass is 9.98. The predicted octanol–water partition coefficient (Wildman–Crippen LogP) is 4.00. The van der Waals surface area contributed by atoms with E-state index in [2.05, 4.69) is 10.3 Å². The van der Waals surface area contributed by atoms with E-state index in [0.717, 1.165) is 22.6 Å². The Kier molecular flexibility index (Phi) is 6.80. The zero-order valence-electron chi connectivity index (χ0n) is 18.7. The summed E-state index contributed by atoms with van der Waals surface area (Å²) in [4.78, 5) is 32.4. The van der Waals surface area contributed by atoms with Gasteiger partial charge in [-0.2, -0.15) is 0 Å². The summed E-state index contributed by atoms with van der Waals surface area (Å²) < 4.78 is 16.9. The number of ether oxygens (including phenoxy) is 3. The molecule has 1 unspecified atom stereocenters. The fourth-order valence-electron chi connectivity index (χ4n) is 4.17. The van der Waals surface area contributed by atoms with Gasteiger partial charge in [0.05, 0.1) is 37.4 Å². The average molecular weight is 500 g/mol. The Hall–Kier alpha value is -2.95. The first-order chi connectivity index (χ1) is 16.6. The van der Waals surface area contributed by atoms with E-state index < -0.39 is 0 Å². The van der Waals surface area contributed by atoms with Gasteiger partial charge < -0.3 is 24.4 Å². The van der Waals surface area contributed by atoms with Crippen molar-refractivity contribution < 1.29 is 23.8 Å². The van der Waals surface area contributed by atoms with E-state index in [4.69, 9.17) is 14.2 Å². The van der Waals surface area contributed by atoms with Gasteiger partial charge in [-0.15, -0.1) is 22.7 Å². The predicted molar refractivity (Wildman–Crippen MR) is 131 cm³/mol. The highest BCUT2D eigenvalue weighted by Gasteiger charge is 2.32. The summed E-state index contributed by atoms with van der Waals surface area (Å²) in [6.45, 7) is 1.73. The number of aromatic nitrogens is 1. The van der Waals surface area contributed by atoms with Gasteiger partial charge in [0.1, 0.15) is 6.10 Å². The van der Waals surface area contributed by atoms with Crippen LogP contribution in [0.25, 0.3) is 10.6 Å². The van der Waals surface area contributed by atoms with Gasteiger partial charge in [0.15, 0.2) is 16.6 Å². The van der Waals surface area contributed by atoms with Crippen molar-refractivity contribution in [1.82, 2.24) is 9.88 Å². The molecule has 4 heterocycles. The fourth-order valence-corrected chi connectivity index (χ4v) is 5.66. The van der Waals surface area contributed by atoms with Gasteiger partial charge >= 0.3 is 0 Å². The van der Waals surface area contributed by atoms with E-state index in [1.54, 1.807) is 23.3 Å². The molecule has 8 nitrogen and oxygen atoms in total. The van der Waals surface area contributed by atoms with Crippen LogP contribution in [0.5, 0.6) is 11.5 Å². The third kappa shape index (κ3) is 5.08. The summed E-state index contributed by atoms with van der Waals surface area (Å²) in [5.41, 5.74) is 1.83. The van der Waals surface area contributed by atoms with Gasteiger partial charge in [-0.25, -0.2) is 4.98 Å². The molecule has 10 heteroatoms. The number of rotatable bonds is 8. The first-order valence-corrected chi connectivity index (χ1v) is 12.8. The van der Waals surface area contributed by atoms with Crippen LogP contribution in [-0.2, 0) is 14.3 Å². The van der Waals surface area contributed by atoms with Gasteiger partial charge in [0.2, 0.25) is 11.8 Å². The highest BCUT2D eigenvalue weighted by atomic mass is 32.1. The molecule has 0 aliphatic carbocycles. The molecular weight excluding hydrogens is 474 g/mol. The topological polar surface area (TPSA) is 90.0 Å². The summed E-state index contributed by atoms with van der Waals surface area (Å²) in [7, 11) is 1.61. The lowest BCUT2D eigenvalue weighted by molar-refractivity contribution is -0.131. The Bertz CT molecular complexity index is 1160. The van der Waals surface area contributed by atoms with Crippen molar-refractivity contribution in [1.29, 1.82) is 0 Å². The molecule has 178 valence electrons. The Morgan fingerprint density at radius 3 is 2.97 bits per heavy atom. The number of carbonyl (C=O) groups excluding carboxylic acids is 2. The number of anilines is 1. The van der Waals surface area contributed by atoms with E-state index >= 15 is 0 Å². The lowest BCUT2D eigenvalue weighted by Crippen LogP contribution is -2.34. The van der Waals surface area contributed by atoms with Crippen molar-refractivity contribution in [2.75, 3.05) is 38.7 Å². The molecule has 5 rings (SSSR count). The van der Waals surface area contributed by atoms with E-state index in [1.165, 1.54) is 11.3 Å². The number of likely N-dealkylation sites (tertiary alicyclic amines) is 1. The van der Waals surface area contributed by atoms with Crippen LogP contribution in [0.1, 0.15) is 24.3 Å². The number of amides is 2. The Morgan fingerprint density at radius 2 is 2.21 bits per heavy atom. The number of hydrogen-bond acceptors (Lipinski definition) is 8. The van der Waals surface area contributed by atoms with Crippen LogP contribution >= 0.6 is 22.7 Å². The molecule has 2 aromatic heterocycles.